The molecule has 0 aromatic heterocycles. The van der Waals surface area contributed by atoms with Gasteiger partial charge in [0.05, 0.1) is 12.6 Å². The molecule has 0 saturated heterocycles. The summed E-state index contributed by atoms with van der Waals surface area (Å²) in [5, 5.41) is 0. The summed E-state index contributed by atoms with van der Waals surface area (Å²) in [4.78, 5) is 45.6. The van der Waals surface area contributed by atoms with Gasteiger partial charge in [-0.1, -0.05) is 98.8 Å². The Balaban J connectivity index is 0. The molecule has 0 bridgehead atoms. The van der Waals surface area contributed by atoms with E-state index in [1.807, 2.05) is 0 Å². The van der Waals surface area contributed by atoms with Crippen molar-refractivity contribution >= 4 is 24.7 Å². The van der Waals surface area contributed by atoms with Crippen LogP contribution in [0.2, 0.25) is 0 Å². The van der Waals surface area contributed by atoms with E-state index >= 15 is 0 Å². The summed E-state index contributed by atoms with van der Waals surface area (Å²) in [5.41, 5.74) is 0.0561. The number of carbonyl (C=O) groups excluding carboxylic acids is 4. The zero-order valence-electron chi connectivity index (χ0n) is 21.2. The minimum atomic E-state index is -0.0653. The van der Waals surface area contributed by atoms with Crippen LogP contribution in [-0.2, 0) is 19.2 Å². The van der Waals surface area contributed by atoms with Gasteiger partial charge >= 0.3 is 0 Å². The standard InChI is InChI=1S/C12H18N2O2.C12H26.C2H2O2/c1-11(2)4-10(14-9-16)5-12(3,6-11)7-13-8-15;1-3-5-7-9-11-12-10-8-6-4-2;3-1-2-4/h10H,4-7H2,1-3H3;3-12H2,1-2H3;1-2H. The van der Waals surface area contributed by atoms with Crippen molar-refractivity contribution < 1.29 is 19.2 Å². The van der Waals surface area contributed by atoms with Crippen LogP contribution in [0.15, 0.2) is 9.98 Å². The predicted octanol–water partition coefficient (Wildman–Crippen LogP) is 6.55. The molecule has 1 aliphatic carbocycles. The summed E-state index contributed by atoms with van der Waals surface area (Å²) in [5.74, 6) is 0. The minimum absolute atomic E-state index is 0.00750. The van der Waals surface area contributed by atoms with Crippen LogP contribution in [0, 0.1) is 10.8 Å². The van der Waals surface area contributed by atoms with Gasteiger partial charge in [-0.15, -0.1) is 0 Å². The van der Waals surface area contributed by atoms with Crippen molar-refractivity contribution in [2.45, 2.75) is 124 Å². The normalized spacial score (nSPS) is 20.7. The number of rotatable bonds is 13. The molecular formula is C26H46N2O4. The van der Waals surface area contributed by atoms with Gasteiger partial charge in [0.2, 0.25) is 12.2 Å². The zero-order valence-corrected chi connectivity index (χ0v) is 21.2. The van der Waals surface area contributed by atoms with E-state index in [1.165, 1.54) is 64.2 Å². The lowest BCUT2D eigenvalue weighted by Crippen LogP contribution is -2.39. The van der Waals surface area contributed by atoms with Crippen molar-refractivity contribution in [2.24, 2.45) is 20.8 Å². The largest absolute Gasteiger partial charge is 0.295 e. The maximum Gasteiger partial charge on any atom is 0.235 e. The monoisotopic (exact) mass is 450 g/mol. The van der Waals surface area contributed by atoms with Gasteiger partial charge < -0.3 is 0 Å². The number of aliphatic imine (C=N–C) groups is 2. The number of hydrogen-bond donors (Lipinski definition) is 0. The Labute approximate surface area is 195 Å². The number of hydrogen-bond acceptors (Lipinski definition) is 6. The zero-order chi connectivity index (χ0) is 24.7. The second-order valence-electron chi connectivity index (χ2n) is 9.94. The fourth-order valence-corrected chi connectivity index (χ4v) is 4.65. The molecular weight excluding hydrogens is 404 g/mol. The third-order valence-electron chi connectivity index (χ3n) is 5.70. The molecule has 1 saturated carbocycles. The predicted molar refractivity (Wildman–Crippen MR) is 130 cm³/mol. The highest BCUT2D eigenvalue weighted by Crippen LogP contribution is 2.47. The average Bonchev–Trinajstić information content (AvgIpc) is 2.74. The molecule has 0 amide bonds. The molecule has 1 fully saturated rings. The van der Waals surface area contributed by atoms with Crippen molar-refractivity contribution in [3.05, 3.63) is 0 Å². The first-order valence-corrected chi connectivity index (χ1v) is 12.2. The number of unbranched alkanes of at least 4 members (excludes halogenated alkanes) is 9. The van der Waals surface area contributed by atoms with Crippen molar-refractivity contribution in [3.8, 4) is 0 Å². The SMILES string of the molecule is CC1(C)CC(N=C=O)CC(C)(CN=C=O)C1.CCCCCCCCCCCC.O=CC=O. The van der Waals surface area contributed by atoms with E-state index in [9.17, 15) is 9.59 Å². The number of isocyanates is 2. The van der Waals surface area contributed by atoms with Crippen LogP contribution in [0.4, 0.5) is 0 Å². The fraction of sp³-hybridized carbons (Fsp3) is 0.846. The van der Waals surface area contributed by atoms with E-state index in [1.54, 1.807) is 12.2 Å². The van der Waals surface area contributed by atoms with Crippen molar-refractivity contribution in [2.75, 3.05) is 6.54 Å². The van der Waals surface area contributed by atoms with Crippen LogP contribution in [0.1, 0.15) is 118 Å². The molecule has 2 unspecified atom stereocenters. The Bertz CT molecular complexity index is 562. The molecule has 6 heteroatoms. The van der Waals surface area contributed by atoms with Gasteiger partial charge in [0.15, 0.2) is 12.6 Å². The van der Waals surface area contributed by atoms with Gasteiger partial charge in [0.1, 0.15) is 0 Å². The van der Waals surface area contributed by atoms with Gasteiger partial charge in [-0.2, -0.15) is 0 Å². The van der Waals surface area contributed by atoms with Crippen LogP contribution >= 0.6 is 0 Å². The molecule has 0 aliphatic heterocycles. The Morgan fingerprint density at radius 1 is 0.781 bits per heavy atom. The summed E-state index contributed by atoms with van der Waals surface area (Å²) in [6.45, 7) is 11.4. The van der Waals surface area contributed by atoms with E-state index in [2.05, 4.69) is 44.6 Å². The molecule has 1 rings (SSSR count). The van der Waals surface area contributed by atoms with Gasteiger partial charge in [-0.3, -0.25) is 9.59 Å². The first-order chi connectivity index (χ1) is 15.2. The minimum Gasteiger partial charge on any atom is -0.295 e. The molecule has 2 atom stereocenters. The van der Waals surface area contributed by atoms with Gasteiger partial charge in [0.25, 0.3) is 0 Å². The Morgan fingerprint density at radius 2 is 1.25 bits per heavy atom. The molecule has 0 aromatic rings. The number of aldehydes is 2. The van der Waals surface area contributed by atoms with Crippen LogP contribution < -0.4 is 0 Å². The summed E-state index contributed by atoms with van der Waals surface area (Å²) in [7, 11) is 0. The van der Waals surface area contributed by atoms with Crippen LogP contribution in [-0.4, -0.2) is 37.3 Å². The average molecular weight is 451 g/mol. The smallest absolute Gasteiger partial charge is 0.235 e. The topological polar surface area (TPSA) is 93.0 Å². The van der Waals surface area contributed by atoms with Gasteiger partial charge in [-0.25, -0.2) is 19.6 Å². The molecule has 0 radical (unpaired) electrons. The highest BCUT2D eigenvalue weighted by atomic mass is 16.2. The molecule has 0 spiro atoms. The van der Waals surface area contributed by atoms with Gasteiger partial charge in [-0.05, 0) is 30.1 Å². The molecule has 184 valence electrons. The van der Waals surface area contributed by atoms with Crippen molar-refractivity contribution in [1.29, 1.82) is 0 Å². The van der Waals surface area contributed by atoms with E-state index in [0.717, 1.165) is 19.3 Å². The van der Waals surface area contributed by atoms with Crippen LogP contribution in [0.3, 0.4) is 0 Å². The summed E-state index contributed by atoms with van der Waals surface area (Å²) in [6.07, 6.45) is 20.7. The van der Waals surface area contributed by atoms with Crippen molar-refractivity contribution in [1.82, 2.24) is 0 Å². The first-order valence-electron chi connectivity index (χ1n) is 12.2. The third kappa shape index (κ3) is 20.0. The van der Waals surface area contributed by atoms with E-state index in [0.29, 0.717) is 6.54 Å². The van der Waals surface area contributed by atoms with Crippen LogP contribution in [0.25, 0.3) is 0 Å². The molecule has 1 aliphatic rings. The lowest BCUT2D eigenvalue weighted by Gasteiger charge is -2.44. The molecule has 6 nitrogen and oxygen atoms in total. The third-order valence-corrected chi connectivity index (χ3v) is 5.70. The Hall–Kier alpha value is -1.90. The fourth-order valence-electron chi connectivity index (χ4n) is 4.65. The van der Waals surface area contributed by atoms with Gasteiger partial charge in [0, 0.05) is 0 Å². The molecule has 0 N–H and O–H groups in total. The van der Waals surface area contributed by atoms with E-state index in [-0.39, 0.29) is 29.4 Å². The molecule has 32 heavy (non-hydrogen) atoms. The van der Waals surface area contributed by atoms with Crippen molar-refractivity contribution in [3.63, 3.8) is 0 Å². The number of nitrogens with zero attached hydrogens (tertiary/aromatic N) is 2. The maximum absolute atomic E-state index is 10.3. The molecule has 0 heterocycles. The second-order valence-corrected chi connectivity index (χ2v) is 9.94. The highest BCUT2D eigenvalue weighted by Gasteiger charge is 2.41. The maximum atomic E-state index is 10.3. The number of carbonyl (C=O) groups is 2. The lowest BCUT2D eigenvalue weighted by atomic mass is 9.63. The van der Waals surface area contributed by atoms with E-state index < -0.39 is 0 Å². The first kappa shape index (κ1) is 32.3. The lowest BCUT2D eigenvalue weighted by molar-refractivity contribution is -0.122. The molecule has 0 aromatic carbocycles. The van der Waals surface area contributed by atoms with Crippen LogP contribution in [0.5, 0.6) is 0 Å². The Morgan fingerprint density at radius 3 is 1.62 bits per heavy atom. The summed E-state index contributed by atoms with van der Waals surface area (Å²) in [6, 6.07) is 0.00750. The quantitative estimate of drug-likeness (QED) is 0.104. The van der Waals surface area contributed by atoms with E-state index in [4.69, 9.17) is 9.59 Å². The summed E-state index contributed by atoms with van der Waals surface area (Å²) >= 11 is 0. The summed E-state index contributed by atoms with van der Waals surface area (Å²) < 4.78 is 0. The Kier molecular flexibility index (Phi) is 21.2. The highest BCUT2D eigenvalue weighted by molar-refractivity contribution is 6.09. The second kappa shape index (κ2) is 21.0.